The van der Waals surface area contributed by atoms with E-state index in [0.717, 1.165) is 19.5 Å². The molecule has 1 atom stereocenters. The second-order valence-electron chi connectivity index (χ2n) is 4.47. The van der Waals surface area contributed by atoms with Gasteiger partial charge in [0.25, 0.3) is 0 Å². The van der Waals surface area contributed by atoms with Crippen LogP contribution < -0.4 is 10.0 Å². The lowest BCUT2D eigenvalue weighted by atomic mass is 10.1. The zero-order valence-electron chi connectivity index (χ0n) is 10.1. The summed E-state index contributed by atoms with van der Waals surface area (Å²) in [4.78, 5) is 0.281. The zero-order chi connectivity index (χ0) is 12.5. The van der Waals surface area contributed by atoms with Crippen LogP contribution in [0.25, 0.3) is 0 Å². The standard InChI is InChI=1S/C10H18N4O2S/c1-7-10(8(2)14-13-7)17(15,16)12-6-9-3-4-11-5-9/h9,11-12H,3-6H2,1-2H3,(H,13,14). The molecule has 1 aliphatic heterocycles. The van der Waals surface area contributed by atoms with Crippen molar-refractivity contribution < 1.29 is 8.42 Å². The maximum Gasteiger partial charge on any atom is 0.244 e. The lowest BCUT2D eigenvalue weighted by Crippen LogP contribution is -2.30. The van der Waals surface area contributed by atoms with Crippen molar-refractivity contribution in [2.45, 2.75) is 25.2 Å². The first kappa shape index (κ1) is 12.5. The predicted octanol–water partition coefficient (Wildman–Crippen LogP) is -0.0857. The fourth-order valence-corrected chi connectivity index (χ4v) is 3.61. The summed E-state index contributed by atoms with van der Waals surface area (Å²) in [5, 5.41) is 9.81. The summed E-state index contributed by atoms with van der Waals surface area (Å²) in [7, 11) is -3.44. The van der Waals surface area contributed by atoms with E-state index in [4.69, 9.17) is 0 Å². The minimum absolute atomic E-state index is 0.281. The van der Waals surface area contributed by atoms with E-state index in [2.05, 4.69) is 20.2 Å². The molecule has 0 radical (unpaired) electrons. The first-order chi connectivity index (χ1) is 8.00. The van der Waals surface area contributed by atoms with Gasteiger partial charge in [0.1, 0.15) is 4.90 Å². The third-order valence-corrected chi connectivity index (χ3v) is 4.74. The van der Waals surface area contributed by atoms with Crippen LogP contribution in [0.3, 0.4) is 0 Å². The molecule has 0 aliphatic carbocycles. The van der Waals surface area contributed by atoms with E-state index < -0.39 is 10.0 Å². The molecule has 2 heterocycles. The average Bonchev–Trinajstić information content (AvgIpc) is 2.86. The summed E-state index contributed by atoms with van der Waals surface area (Å²) >= 11 is 0. The van der Waals surface area contributed by atoms with Gasteiger partial charge in [0.2, 0.25) is 10.0 Å². The molecule has 1 aromatic rings. The van der Waals surface area contributed by atoms with Crippen LogP contribution in [0.15, 0.2) is 4.90 Å². The summed E-state index contributed by atoms with van der Waals surface area (Å²) in [6.07, 6.45) is 1.02. The van der Waals surface area contributed by atoms with Crippen LogP contribution in [0.2, 0.25) is 0 Å². The Bertz CT molecular complexity index is 469. The van der Waals surface area contributed by atoms with Gasteiger partial charge in [-0.15, -0.1) is 0 Å². The predicted molar refractivity (Wildman–Crippen MR) is 64.2 cm³/mol. The lowest BCUT2D eigenvalue weighted by molar-refractivity contribution is 0.538. The quantitative estimate of drug-likeness (QED) is 0.704. The van der Waals surface area contributed by atoms with Gasteiger partial charge < -0.3 is 5.32 Å². The lowest BCUT2D eigenvalue weighted by Gasteiger charge is -2.10. The molecule has 1 aromatic heterocycles. The van der Waals surface area contributed by atoms with Crippen molar-refractivity contribution >= 4 is 10.0 Å². The van der Waals surface area contributed by atoms with Gasteiger partial charge in [0, 0.05) is 6.54 Å². The van der Waals surface area contributed by atoms with E-state index in [-0.39, 0.29) is 4.90 Å². The fraction of sp³-hybridized carbons (Fsp3) is 0.700. The highest BCUT2D eigenvalue weighted by atomic mass is 32.2. The Labute approximate surface area is 101 Å². The average molecular weight is 258 g/mol. The normalized spacial score (nSPS) is 20.9. The van der Waals surface area contributed by atoms with E-state index >= 15 is 0 Å². The zero-order valence-corrected chi connectivity index (χ0v) is 10.9. The van der Waals surface area contributed by atoms with Gasteiger partial charge in [-0.1, -0.05) is 0 Å². The van der Waals surface area contributed by atoms with Gasteiger partial charge in [0.15, 0.2) is 0 Å². The first-order valence-electron chi connectivity index (χ1n) is 5.72. The summed E-state index contributed by atoms with van der Waals surface area (Å²) in [6, 6.07) is 0. The topological polar surface area (TPSA) is 86.9 Å². The number of H-pyrrole nitrogens is 1. The number of aromatic amines is 1. The molecule has 1 unspecified atom stereocenters. The highest BCUT2D eigenvalue weighted by Gasteiger charge is 2.24. The van der Waals surface area contributed by atoms with Gasteiger partial charge in [-0.05, 0) is 39.3 Å². The highest BCUT2D eigenvalue weighted by Crippen LogP contribution is 2.17. The minimum atomic E-state index is -3.44. The van der Waals surface area contributed by atoms with E-state index in [1.165, 1.54) is 0 Å². The van der Waals surface area contributed by atoms with E-state index in [1.807, 2.05) is 0 Å². The Morgan fingerprint density at radius 3 is 2.76 bits per heavy atom. The third kappa shape index (κ3) is 2.67. The molecule has 96 valence electrons. The van der Waals surface area contributed by atoms with Gasteiger partial charge in [-0.2, -0.15) is 5.10 Å². The van der Waals surface area contributed by atoms with Gasteiger partial charge in [-0.3, -0.25) is 5.10 Å². The summed E-state index contributed by atoms with van der Waals surface area (Å²) in [5.41, 5.74) is 1.10. The SMILES string of the molecule is Cc1n[nH]c(C)c1S(=O)(=O)NCC1CCNC1. The fourth-order valence-electron chi connectivity index (χ4n) is 2.12. The molecule has 0 amide bonds. The maximum atomic E-state index is 12.1. The molecule has 1 fully saturated rings. The van der Waals surface area contributed by atoms with E-state index in [9.17, 15) is 8.42 Å². The van der Waals surface area contributed by atoms with Crippen LogP contribution in [0.4, 0.5) is 0 Å². The molecular weight excluding hydrogens is 240 g/mol. The van der Waals surface area contributed by atoms with Crippen LogP contribution in [0.5, 0.6) is 0 Å². The summed E-state index contributed by atoms with van der Waals surface area (Å²) < 4.78 is 26.9. The second-order valence-corrected chi connectivity index (χ2v) is 6.18. The molecule has 1 aliphatic rings. The monoisotopic (exact) mass is 258 g/mol. The minimum Gasteiger partial charge on any atom is -0.316 e. The van der Waals surface area contributed by atoms with Crippen molar-refractivity contribution in [1.29, 1.82) is 0 Å². The Balaban J connectivity index is 2.08. The Morgan fingerprint density at radius 2 is 2.24 bits per heavy atom. The molecule has 17 heavy (non-hydrogen) atoms. The molecule has 2 rings (SSSR count). The van der Waals surface area contributed by atoms with Crippen molar-refractivity contribution in [3.05, 3.63) is 11.4 Å². The first-order valence-corrected chi connectivity index (χ1v) is 7.21. The van der Waals surface area contributed by atoms with Crippen LogP contribution >= 0.6 is 0 Å². The number of aromatic nitrogens is 2. The number of rotatable bonds is 4. The number of nitrogens with one attached hydrogen (secondary N) is 3. The highest BCUT2D eigenvalue weighted by molar-refractivity contribution is 7.89. The number of hydrogen-bond donors (Lipinski definition) is 3. The number of sulfonamides is 1. The van der Waals surface area contributed by atoms with Crippen molar-refractivity contribution in [3.8, 4) is 0 Å². The van der Waals surface area contributed by atoms with Crippen LogP contribution in [-0.4, -0.2) is 38.2 Å². The van der Waals surface area contributed by atoms with E-state index in [0.29, 0.717) is 23.9 Å². The largest absolute Gasteiger partial charge is 0.316 e. The van der Waals surface area contributed by atoms with Crippen molar-refractivity contribution in [1.82, 2.24) is 20.2 Å². The molecule has 0 saturated carbocycles. The smallest absolute Gasteiger partial charge is 0.244 e. The Kier molecular flexibility index (Phi) is 3.50. The molecule has 0 spiro atoms. The molecule has 6 nitrogen and oxygen atoms in total. The van der Waals surface area contributed by atoms with E-state index in [1.54, 1.807) is 13.8 Å². The molecule has 7 heteroatoms. The van der Waals surface area contributed by atoms with Gasteiger partial charge >= 0.3 is 0 Å². The molecular formula is C10H18N4O2S. The van der Waals surface area contributed by atoms with Gasteiger partial charge in [-0.25, -0.2) is 13.1 Å². The Hall–Kier alpha value is -0.920. The van der Waals surface area contributed by atoms with Crippen molar-refractivity contribution in [2.24, 2.45) is 5.92 Å². The number of nitrogens with zero attached hydrogens (tertiary/aromatic N) is 1. The van der Waals surface area contributed by atoms with Crippen molar-refractivity contribution in [3.63, 3.8) is 0 Å². The molecule has 1 saturated heterocycles. The van der Waals surface area contributed by atoms with Crippen molar-refractivity contribution in [2.75, 3.05) is 19.6 Å². The second kappa shape index (κ2) is 4.75. The number of aryl methyl sites for hydroxylation is 2. The third-order valence-electron chi connectivity index (χ3n) is 3.05. The van der Waals surface area contributed by atoms with Crippen LogP contribution in [0, 0.1) is 19.8 Å². The molecule has 0 aromatic carbocycles. The Morgan fingerprint density at radius 1 is 1.47 bits per heavy atom. The van der Waals surface area contributed by atoms with Crippen LogP contribution in [0.1, 0.15) is 17.8 Å². The molecule has 3 N–H and O–H groups in total. The summed E-state index contributed by atoms with van der Waals surface area (Å²) in [5.74, 6) is 0.386. The number of hydrogen-bond acceptors (Lipinski definition) is 4. The van der Waals surface area contributed by atoms with Crippen LogP contribution in [-0.2, 0) is 10.0 Å². The summed E-state index contributed by atoms with van der Waals surface area (Å²) in [6.45, 7) is 5.74. The molecule has 0 bridgehead atoms. The van der Waals surface area contributed by atoms with Gasteiger partial charge in [0.05, 0.1) is 11.4 Å². The maximum absolute atomic E-state index is 12.1.